The Balaban J connectivity index is 1.69. The first-order chi connectivity index (χ1) is 13.1. The summed E-state index contributed by atoms with van der Waals surface area (Å²) < 4.78 is 34.2. The number of benzene rings is 1. The van der Waals surface area contributed by atoms with Gasteiger partial charge in [0.1, 0.15) is 10.8 Å². The number of para-hydroxylation sites is 1. The zero-order valence-corrected chi connectivity index (χ0v) is 15.1. The highest BCUT2D eigenvalue weighted by Crippen LogP contribution is 2.32. The molecule has 0 saturated carbocycles. The van der Waals surface area contributed by atoms with Gasteiger partial charge in [-0.25, -0.2) is 8.78 Å². The monoisotopic (exact) mass is 389 g/mol. The van der Waals surface area contributed by atoms with Crippen molar-refractivity contribution in [2.75, 3.05) is 7.11 Å². The molecule has 0 aliphatic heterocycles. The molecule has 0 radical (unpaired) electrons. The van der Waals surface area contributed by atoms with Crippen LogP contribution in [0.1, 0.15) is 12.2 Å². The van der Waals surface area contributed by atoms with Crippen molar-refractivity contribution in [1.82, 2.24) is 34.6 Å². The largest absolute Gasteiger partial charge is 0.496 e. The van der Waals surface area contributed by atoms with E-state index in [9.17, 15) is 8.78 Å². The van der Waals surface area contributed by atoms with Crippen LogP contribution in [0, 0.1) is 0 Å². The highest BCUT2D eigenvalue weighted by molar-refractivity contribution is 7.99. The van der Waals surface area contributed by atoms with E-state index in [-0.39, 0.29) is 5.65 Å². The Labute approximate surface area is 156 Å². The topological polar surface area (TPSA) is 83.0 Å². The van der Waals surface area contributed by atoms with Gasteiger partial charge in [0, 0.05) is 7.05 Å². The molecule has 0 N–H and O–H groups in total. The van der Waals surface area contributed by atoms with E-state index in [2.05, 4.69) is 25.5 Å². The number of aromatic nitrogens is 7. The molecule has 0 aliphatic carbocycles. The summed E-state index contributed by atoms with van der Waals surface area (Å²) in [5.74, 6) is 0.795. The van der Waals surface area contributed by atoms with Gasteiger partial charge in [-0.15, -0.1) is 20.4 Å². The smallest absolute Gasteiger partial charge is 0.299 e. The second-order valence-electron chi connectivity index (χ2n) is 5.47. The summed E-state index contributed by atoms with van der Waals surface area (Å²) in [7, 11) is 3.40. The molecule has 0 saturated heterocycles. The van der Waals surface area contributed by atoms with Crippen molar-refractivity contribution in [2.45, 2.75) is 16.6 Å². The Hall–Kier alpha value is -3.08. The third-order valence-corrected chi connectivity index (χ3v) is 4.80. The highest BCUT2D eigenvalue weighted by atomic mass is 32.2. The van der Waals surface area contributed by atoms with Crippen LogP contribution in [0.4, 0.5) is 8.78 Å². The molecule has 1 aromatic carbocycles. The third kappa shape index (κ3) is 3.10. The predicted octanol–water partition coefficient (Wildman–Crippen LogP) is 3.02. The Morgan fingerprint density at radius 3 is 2.63 bits per heavy atom. The van der Waals surface area contributed by atoms with E-state index in [1.165, 1.54) is 11.8 Å². The van der Waals surface area contributed by atoms with Crippen LogP contribution in [0.25, 0.3) is 17.0 Å². The first kappa shape index (κ1) is 17.3. The maximum atomic E-state index is 13.0. The summed E-state index contributed by atoms with van der Waals surface area (Å²) in [6, 6.07) is 10.7. The number of methoxy groups -OCH3 is 1. The molecule has 8 nitrogen and oxygen atoms in total. The molecule has 27 heavy (non-hydrogen) atoms. The van der Waals surface area contributed by atoms with Crippen LogP contribution in [0.5, 0.6) is 5.75 Å². The summed E-state index contributed by atoms with van der Waals surface area (Å²) in [6.45, 7) is 0. The number of alkyl halides is 2. The molecule has 138 valence electrons. The highest BCUT2D eigenvalue weighted by Gasteiger charge is 2.19. The molecule has 11 heteroatoms. The van der Waals surface area contributed by atoms with Gasteiger partial charge in [0.05, 0.1) is 12.7 Å². The van der Waals surface area contributed by atoms with Crippen molar-refractivity contribution in [3.05, 3.63) is 42.2 Å². The predicted molar refractivity (Wildman–Crippen MR) is 92.9 cm³/mol. The molecule has 4 aromatic rings. The van der Waals surface area contributed by atoms with Crippen molar-refractivity contribution in [2.24, 2.45) is 7.05 Å². The maximum Gasteiger partial charge on any atom is 0.299 e. The quantitative estimate of drug-likeness (QED) is 0.519. The van der Waals surface area contributed by atoms with E-state index in [1.807, 2.05) is 31.3 Å². The molecule has 0 unspecified atom stereocenters. The van der Waals surface area contributed by atoms with Gasteiger partial charge >= 0.3 is 0 Å². The first-order valence-corrected chi connectivity index (χ1v) is 8.61. The number of rotatable bonds is 5. The lowest BCUT2D eigenvalue weighted by atomic mass is 10.2. The van der Waals surface area contributed by atoms with E-state index in [0.717, 1.165) is 10.1 Å². The number of ether oxygens (including phenoxy) is 1. The van der Waals surface area contributed by atoms with Crippen LogP contribution in [-0.2, 0) is 7.05 Å². The van der Waals surface area contributed by atoms with Crippen molar-refractivity contribution < 1.29 is 13.5 Å². The number of fused-ring (bicyclic) bond motifs is 1. The van der Waals surface area contributed by atoms with E-state index in [1.54, 1.807) is 23.8 Å². The number of nitrogens with zero attached hydrogens (tertiary/aromatic N) is 7. The van der Waals surface area contributed by atoms with Crippen molar-refractivity contribution >= 4 is 17.4 Å². The average molecular weight is 389 g/mol. The van der Waals surface area contributed by atoms with Gasteiger partial charge < -0.3 is 9.30 Å². The number of hydrogen-bond acceptors (Lipinski definition) is 7. The van der Waals surface area contributed by atoms with Crippen LogP contribution in [0.2, 0.25) is 0 Å². The van der Waals surface area contributed by atoms with Crippen molar-refractivity contribution in [3.63, 3.8) is 0 Å². The van der Waals surface area contributed by atoms with Gasteiger partial charge in [-0.05, 0) is 36.0 Å². The van der Waals surface area contributed by atoms with Crippen molar-refractivity contribution in [3.8, 4) is 17.1 Å². The summed E-state index contributed by atoms with van der Waals surface area (Å²) in [6.07, 6.45) is -2.76. The second kappa shape index (κ2) is 6.91. The molecule has 0 amide bonds. The zero-order valence-electron chi connectivity index (χ0n) is 14.2. The van der Waals surface area contributed by atoms with Gasteiger partial charge in [-0.2, -0.15) is 9.61 Å². The minimum absolute atomic E-state index is 0.252. The van der Waals surface area contributed by atoms with Gasteiger partial charge in [0.25, 0.3) is 6.43 Å². The number of hydrogen-bond donors (Lipinski definition) is 0. The fourth-order valence-corrected chi connectivity index (χ4v) is 3.29. The maximum absolute atomic E-state index is 13.0. The van der Waals surface area contributed by atoms with Crippen molar-refractivity contribution in [1.29, 1.82) is 0 Å². The molecule has 0 atom stereocenters. The lowest BCUT2D eigenvalue weighted by Crippen LogP contribution is -2.01. The zero-order chi connectivity index (χ0) is 19.0. The lowest BCUT2D eigenvalue weighted by Gasteiger charge is -2.08. The second-order valence-corrected chi connectivity index (χ2v) is 6.46. The molecule has 3 heterocycles. The van der Waals surface area contributed by atoms with Gasteiger partial charge in [-0.1, -0.05) is 12.1 Å². The summed E-state index contributed by atoms with van der Waals surface area (Å²) in [5, 5.41) is 20.7. The molecule has 3 aromatic heterocycles. The standard InChI is InChI=1S/C16H13F2N7OS/c1-24-14(9-5-3-4-6-10(9)26-2)20-22-16(24)27-12-8-7-11-19-21-15(13(17)18)25(11)23-12/h3-8,13H,1-2H3. The molecule has 0 aliphatic rings. The van der Waals surface area contributed by atoms with Crippen LogP contribution < -0.4 is 4.74 Å². The van der Waals surface area contributed by atoms with Crippen LogP contribution in [0.15, 0.2) is 46.6 Å². The minimum atomic E-state index is -2.76. The molecule has 0 bridgehead atoms. The molecular formula is C16H13F2N7OS. The van der Waals surface area contributed by atoms with Crippen LogP contribution in [-0.4, -0.2) is 41.7 Å². The number of halogens is 2. The lowest BCUT2D eigenvalue weighted by molar-refractivity contribution is 0.137. The van der Waals surface area contributed by atoms with E-state index in [4.69, 9.17) is 4.74 Å². The summed E-state index contributed by atoms with van der Waals surface area (Å²) >= 11 is 1.20. The Morgan fingerprint density at radius 2 is 1.85 bits per heavy atom. The molecular weight excluding hydrogens is 376 g/mol. The van der Waals surface area contributed by atoms with Gasteiger partial charge in [0.2, 0.25) is 5.82 Å². The fraction of sp³-hybridized carbons (Fsp3) is 0.188. The molecule has 0 fully saturated rings. The van der Waals surface area contributed by atoms with Gasteiger partial charge in [-0.3, -0.25) is 0 Å². The van der Waals surface area contributed by atoms with E-state index >= 15 is 0 Å². The Kier molecular flexibility index (Phi) is 4.44. The Bertz CT molecular complexity index is 1110. The van der Waals surface area contributed by atoms with Gasteiger partial charge in [0.15, 0.2) is 16.6 Å². The fourth-order valence-electron chi connectivity index (χ4n) is 2.54. The summed E-state index contributed by atoms with van der Waals surface area (Å²) in [5.41, 5.74) is 1.05. The molecule has 4 rings (SSSR count). The average Bonchev–Trinajstić information content (AvgIpc) is 3.25. The van der Waals surface area contributed by atoms with Crippen LogP contribution >= 0.6 is 11.8 Å². The first-order valence-electron chi connectivity index (χ1n) is 7.79. The normalized spacial score (nSPS) is 11.4. The summed E-state index contributed by atoms with van der Waals surface area (Å²) in [4.78, 5) is 0. The minimum Gasteiger partial charge on any atom is -0.496 e. The van der Waals surface area contributed by atoms with Crippen LogP contribution in [0.3, 0.4) is 0 Å². The SMILES string of the molecule is COc1ccccc1-c1nnc(Sc2ccc3nnc(C(F)F)n3n2)n1C. The van der Waals surface area contributed by atoms with E-state index < -0.39 is 12.2 Å². The Morgan fingerprint density at radius 1 is 1.04 bits per heavy atom. The molecule has 0 spiro atoms. The van der Waals surface area contributed by atoms with E-state index in [0.29, 0.717) is 21.8 Å². The third-order valence-electron chi connectivity index (χ3n) is 3.84.